The van der Waals surface area contributed by atoms with Gasteiger partial charge in [-0.2, -0.15) is 0 Å². The van der Waals surface area contributed by atoms with Gasteiger partial charge in [-0.15, -0.1) is 0 Å². The molecule has 128 valence electrons. The van der Waals surface area contributed by atoms with E-state index in [1.54, 1.807) is 20.1 Å². The number of ether oxygens (including phenoxy) is 1. The van der Waals surface area contributed by atoms with Crippen LogP contribution < -0.4 is 9.64 Å². The Balaban J connectivity index is 1.79. The predicted octanol–water partition coefficient (Wildman–Crippen LogP) is 2.99. The Bertz CT molecular complexity index is 688. The fourth-order valence-electron chi connectivity index (χ4n) is 3.14. The minimum atomic E-state index is -0.470. The second kappa shape index (κ2) is 7.20. The first-order valence-electron chi connectivity index (χ1n) is 8.12. The molecule has 1 N–H and O–H groups in total. The van der Waals surface area contributed by atoms with E-state index in [0.717, 1.165) is 30.1 Å². The molecule has 0 saturated carbocycles. The van der Waals surface area contributed by atoms with Crippen molar-refractivity contribution < 1.29 is 14.2 Å². The summed E-state index contributed by atoms with van der Waals surface area (Å²) < 4.78 is 18.8. The van der Waals surface area contributed by atoms with Crippen LogP contribution >= 0.6 is 0 Å². The van der Waals surface area contributed by atoms with E-state index in [1.807, 2.05) is 23.1 Å². The molecule has 1 aliphatic heterocycles. The van der Waals surface area contributed by atoms with Gasteiger partial charge in [0.05, 0.1) is 19.9 Å². The SMILES string of the molecule is COc1ccc(CN2Cc3ccc(F)cc3N(CC(C)O)C2)cc1. The maximum atomic E-state index is 13.6. The topological polar surface area (TPSA) is 35.9 Å². The molecule has 1 unspecified atom stereocenters. The molecule has 3 rings (SSSR count). The van der Waals surface area contributed by atoms with Crippen LogP contribution in [-0.2, 0) is 13.1 Å². The fraction of sp³-hybridized carbons (Fsp3) is 0.368. The van der Waals surface area contributed by atoms with Gasteiger partial charge in [0.25, 0.3) is 0 Å². The van der Waals surface area contributed by atoms with Crippen molar-refractivity contribution in [2.24, 2.45) is 0 Å². The summed E-state index contributed by atoms with van der Waals surface area (Å²) in [7, 11) is 1.66. The molecule has 0 aromatic heterocycles. The first kappa shape index (κ1) is 16.7. The fourth-order valence-corrected chi connectivity index (χ4v) is 3.14. The molecule has 0 amide bonds. The largest absolute Gasteiger partial charge is 0.497 e. The van der Waals surface area contributed by atoms with Crippen molar-refractivity contribution in [1.82, 2.24) is 4.90 Å². The van der Waals surface area contributed by atoms with Crippen molar-refractivity contribution in [3.05, 3.63) is 59.4 Å². The number of methoxy groups -OCH3 is 1. The first-order chi connectivity index (χ1) is 11.5. The molecule has 0 bridgehead atoms. The highest BCUT2D eigenvalue weighted by molar-refractivity contribution is 5.55. The lowest BCUT2D eigenvalue weighted by Gasteiger charge is -2.39. The van der Waals surface area contributed by atoms with Crippen molar-refractivity contribution >= 4 is 5.69 Å². The van der Waals surface area contributed by atoms with E-state index < -0.39 is 6.10 Å². The average molecular weight is 330 g/mol. The number of hydrogen-bond acceptors (Lipinski definition) is 4. The second-order valence-electron chi connectivity index (χ2n) is 6.32. The number of β-amino-alcohol motifs (C(OH)–C–C–N with tert-alkyl or cyclic N) is 1. The third-order valence-electron chi connectivity index (χ3n) is 4.20. The molecular formula is C19H23FN2O2. The lowest BCUT2D eigenvalue weighted by Crippen LogP contribution is -2.44. The maximum Gasteiger partial charge on any atom is 0.125 e. The monoisotopic (exact) mass is 330 g/mol. The molecule has 1 aliphatic rings. The summed E-state index contributed by atoms with van der Waals surface area (Å²) in [5.74, 6) is 0.599. The molecule has 0 saturated heterocycles. The molecule has 0 aliphatic carbocycles. The molecule has 1 heterocycles. The normalized spacial score (nSPS) is 15.9. The van der Waals surface area contributed by atoms with Crippen LogP contribution in [0.25, 0.3) is 0 Å². The molecule has 0 spiro atoms. The Hall–Kier alpha value is -2.11. The molecule has 0 radical (unpaired) electrons. The van der Waals surface area contributed by atoms with Gasteiger partial charge in [0.2, 0.25) is 0 Å². The Morgan fingerprint density at radius 3 is 2.62 bits per heavy atom. The van der Waals surface area contributed by atoms with Crippen molar-refractivity contribution in [2.45, 2.75) is 26.1 Å². The highest BCUT2D eigenvalue weighted by Gasteiger charge is 2.23. The van der Waals surface area contributed by atoms with Crippen LogP contribution in [0.1, 0.15) is 18.1 Å². The highest BCUT2D eigenvalue weighted by atomic mass is 19.1. The van der Waals surface area contributed by atoms with Gasteiger partial charge >= 0.3 is 0 Å². The number of benzene rings is 2. The molecule has 2 aromatic rings. The number of hydrogen-bond donors (Lipinski definition) is 1. The van der Waals surface area contributed by atoms with Gasteiger partial charge in [-0.1, -0.05) is 18.2 Å². The van der Waals surface area contributed by atoms with Crippen molar-refractivity contribution in [3.63, 3.8) is 0 Å². The summed E-state index contributed by atoms with van der Waals surface area (Å²) >= 11 is 0. The van der Waals surface area contributed by atoms with Gasteiger partial charge in [0.15, 0.2) is 0 Å². The zero-order valence-electron chi connectivity index (χ0n) is 14.1. The van der Waals surface area contributed by atoms with E-state index in [2.05, 4.69) is 17.0 Å². The van der Waals surface area contributed by atoms with Crippen LogP contribution in [0.4, 0.5) is 10.1 Å². The Labute approximate surface area is 142 Å². The van der Waals surface area contributed by atoms with E-state index in [-0.39, 0.29) is 5.82 Å². The van der Waals surface area contributed by atoms with Gasteiger partial charge in [0, 0.05) is 25.3 Å². The predicted molar refractivity (Wildman–Crippen MR) is 92.5 cm³/mol. The van der Waals surface area contributed by atoms with Crippen LogP contribution in [0, 0.1) is 5.82 Å². The number of anilines is 1. The Morgan fingerprint density at radius 2 is 1.96 bits per heavy atom. The van der Waals surface area contributed by atoms with E-state index in [9.17, 15) is 9.50 Å². The molecule has 0 fully saturated rings. The Kier molecular flexibility index (Phi) is 5.02. The van der Waals surface area contributed by atoms with Gasteiger partial charge in [-0.25, -0.2) is 4.39 Å². The summed E-state index contributed by atoms with van der Waals surface area (Å²) in [6.45, 7) is 4.44. The average Bonchev–Trinajstić information content (AvgIpc) is 2.56. The third kappa shape index (κ3) is 3.86. The molecule has 1 atom stereocenters. The number of halogens is 1. The summed E-state index contributed by atoms with van der Waals surface area (Å²) in [6.07, 6.45) is -0.470. The van der Waals surface area contributed by atoms with E-state index in [4.69, 9.17) is 4.74 Å². The zero-order valence-corrected chi connectivity index (χ0v) is 14.1. The van der Waals surface area contributed by atoms with Crippen molar-refractivity contribution in [1.29, 1.82) is 0 Å². The van der Waals surface area contributed by atoms with Gasteiger partial charge in [0.1, 0.15) is 11.6 Å². The summed E-state index contributed by atoms with van der Waals surface area (Å²) in [6, 6.07) is 12.9. The lowest BCUT2D eigenvalue weighted by molar-refractivity contribution is 0.181. The first-order valence-corrected chi connectivity index (χ1v) is 8.12. The Morgan fingerprint density at radius 1 is 1.21 bits per heavy atom. The summed E-state index contributed by atoms with van der Waals surface area (Å²) in [4.78, 5) is 4.32. The van der Waals surface area contributed by atoms with Gasteiger partial charge in [-0.3, -0.25) is 4.90 Å². The summed E-state index contributed by atoms with van der Waals surface area (Å²) in [5, 5.41) is 9.77. The zero-order chi connectivity index (χ0) is 17.1. The standard InChI is InChI=1S/C19H23FN2O2/c1-14(23)10-22-13-21(11-15-3-7-18(24-2)8-4-15)12-16-5-6-17(20)9-19(16)22/h3-9,14,23H,10-13H2,1-2H3. The number of aliphatic hydroxyl groups excluding tert-OH is 1. The maximum absolute atomic E-state index is 13.6. The molecule has 24 heavy (non-hydrogen) atoms. The summed E-state index contributed by atoms with van der Waals surface area (Å²) in [5.41, 5.74) is 3.15. The van der Waals surface area contributed by atoms with Crippen LogP contribution in [0.15, 0.2) is 42.5 Å². The molecule has 5 heteroatoms. The minimum Gasteiger partial charge on any atom is -0.497 e. The van der Waals surface area contributed by atoms with Crippen LogP contribution in [0.5, 0.6) is 5.75 Å². The molecule has 2 aromatic carbocycles. The van der Waals surface area contributed by atoms with Crippen LogP contribution in [0.3, 0.4) is 0 Å². The minimum absolute atomic E-state index is 0.243. The van der Waals surface area contributed by atoms with Gasteiger partial charge < -0.3 is 14.7 Å². The lowest BCUT2D eigenvalue weighted by atomic mass is 10.1. The smallest absolute Gasteiger partial charge is 0.125 e. The van der Waals surface area contributed by atoms with Crippen LogP contribution in [0.2, 0.25) is 0 Å². The molecule has 4 nitrogen and oxygen atoms in total. The number of nitrogens with zero attached hydrogens (tertiary/aromatic N) is 2. The van der Waals surface area contributed by atoms with Gasteiger partial charge in [-0.05, 0) is 42.3 Å². The molecular weight excluding hydrogens is 307 g/mol. The van der Waals surface area contributed by atoms with Crippen molar-refractivity contribution in [3.8, 4) is 5.75 Å². The quantitative estimate of drug-likeness (QED) is 0.914. The third-order valence-corrected chi connectivity index (χ3v) is 4.20. The number of fused-ring (bicyclic) bond motifs is 1. The van der Waals surface area contributed by atoms with E-state index >= 15 is 0 Å². The number of aliphatic hydroxyl groups is 1. The van der Waals surface area contributed by atoms with Crippen LogP contribution in [-0.4, -0.2) is 36.4 Å². The number of rotatable bonds is 5. The highest BCUT2D eigenvalue weighted by Crippen LogP contribution is 2.29. The van der Waals surface area contributed by atoms with E-state index in [1.165, 1.54) is 11.6 Å². The van der Waals surface area contributed by atoms with Crippen molar-refractivity contribution in [2.75, 3.05) is 25.2 Å². The second-order valence-corrected chi connectivity index (χ2v) is 6.32. The van der Waals surface area contributed by atoms with E-state index in [0.29, 0.717) is 13.2 Å².